The first-order chi connectivity index (χ1) is 9.40. The lowest BCUT2D eigenvalue weighted by Crippen LogP contribution is -2.43. The molecule has 0 radical (unpaired) electrons. The average Bonchev–Trinajstić information content (AvgIpc) is 2.90. The highest BCUT2D eigenvalue weighted by Crippen LogP contribution is 2.20. The molecule has 0 bridgehead atoms. The van der Waals surface area contributed by atoms with Crippen molar-refractivity contribution >= 4 is 29.9 Å². The second-order valence-electron chi connectivity index (χ2n) is 5.60. The molecule has 2 fully saturated rings. The van der Waals surface area contributed by atoms with E-state index in [4.69, 9.17) is 4.42 Å². The Morgan fingerprint density at radius 3 is 2.45 bits per heavy atom. The molecule has 2 aliphatic carbocycles. The lowest BCUT2D eigenvalue weighted by Gasteiger charge is -2.17. The summed E-state index contributed by atoms with van der Waals surface area (Å²) in [5.41, 5.74) is 0. The van der Waals surface area contributed by atoms with Gasteiger partial charge in [-0.25, -0.2) is 0 Å². The van der Waals surface area contributed by atoms with E-state index < -0.39 is 0 Å². The van der Waals surface area contributed by atoms with Gasteiger partial charge in [-0.2, -0.15) is 0 Å². The minimum Gasteiger partial charge on any atom is -0.469 e. The Bertz CT molecular complexity index is 409. The van der Waals surface area contributed by atoms with Crippen molar-refractivity contribution in [2.75, 3.05) is 6.54 Å². The Balaban J connectivity index is 0.00000147. The molecule has 1 aromatic heterocycles. The van der Waals surface area contributed by atoms with Crippen molar-refractivity contribution in [2.24, 2.45) is 4.99 Å². The van der Waals surface area contributed by atoms with Gasteiger partial charge in [-0.05, 0) is 37.8 Å². The molecule has 112 valence electrons. The van der Waals surface area contributed by atoms with E-state index in [1.807, 2.05) is 12.1 Å². The summed E-state index contributed by atoms with van der Waals surface area (Å²) in [6, 6.07) is 5.21. The van der Waals surface area contributed by atoms with E-state index in [1.165, 1.54) is 38.5 Å². The first-order valence-electron chi connectivity index (χ1n) is 7.50. The number of guanidine groups is 1. The molecule has 0 aromatic carbocycles. The van der Waals surface area contributed by atoms with Gasteiger partial charge in [0, 0.05) is 25.0 Å². The molecule has 4 nitrogen and oxygen atoms in total. The van der Waals surface area contributed by atoms with Crippen LogP contribution in [0.2, 0.25) is 0 Å². The average molecular weight is 389 g/mol. The highest BCUT2D eigenvalue weighted by atomic mass is 127. The molecule has 2 N–H and O–H groups in total. The number of hydrogen-bond donors (Lipinski definition) is 2. The Morgan fingerprint density at radius 1 is 1.15 bits per heavy atom. The van der Waals surface area contributed by atoms with Gasteiger partial charge in [0.25, 0.3) is 0 Å². The fourth-order valence-corrected chi connectivity index (χ4v) is 2.55. The van der Waals surface area contributed by atoms with Crippen LogP contribution in [0.1, 0.15) is 44.3 Å². The summed E-state index contributed by atoms with van der Waals surface area (Å²) in [6.45, 7) is 0.780. The maximum Gasteiger partial charge on any atom is 0.191 e. The van der Waals surface area contributed by atoms with Crippen LogP contribution >= 0.6 is 24.0 Å². The number of halogens is 1. The second kappa shape index (κ2) is 7.90. The van der Waals surface area contributed by atoms with Gasteiger partial charge < -0.3 is 15.1 Å². The van der Waals surface area contributed by atoms with Crippen LogP contribution in [0.25, 0.3) is 0 Å². The van der Waals surface area contributed by atoms with E-state index in [2.05, 4.69) is 15.6 Å². The molecule has 2 saturated carbocycles. The molecule has 2 aliphatic rings. The van der Waals surface area contributed by atoms with Crippen molar-refractivity contribution in [2.45, 2.75) is 57.0 Å². The van der Waals surface area contributed by atoms with Gasteiger partial charge in [-0.1, -0.05) is 12.8 Å². The third-order valence-electron chi connectivity index (χ3n) is 3.82. The Labute approximate surface area is 137 Å². The summed E-state index contributed by atoms with van der Waals surface area (Å²) in [4.78, 5) is 4.68. The van der Waals surface area contributed by atoms with Crippen LogP contribution in [0.5, 0.6) is 0 Å². The summed E-state index contributed by atoms with van der Waals surface area (Å²) in [5, 5.41) is 7.08. The monoisotopic (exact) mass is 389 g/mol. The number of hydrogen-bond acceptors (Lipinski definition) is 2. The standard InChI is InChI=1S/C15H23N3O.HI/c1-2-5-12(4-1)17-15(18-13-7-8-13)16-10-9-14-6-3-11-19-14;/h3,6,11-13H,1-2,4-5,7-10H2,(H2,16,17,18);1H. The minimum atomic E-state index is 0. The summed E-state index contributed by atoms with van der Waals surface area (Å²) in [5.74, 6) is 2.01. The van der Waals surface area contributed by atoms with Crippen LogP contribution in [-0.2, 0) is 6.42 Å². The molecule has 3 rings (SSSR count). The Hall–Kier alpha value is -0.720. The Morgan fingerprint density at radius 2 is 1.85 bits per heavy atom. The molecular formula is C15H24IN3O. The molecule has 0 aliphatic heterocycles. The summed E-state index contributed by atoms with van der Waals surface area (Å²) in [7, 11) is 0. The fourth-order valence-electron chi connectivity index (χ4n) is 2.55. The van der Waals surface area contributed by atoms with E-state index in [9.17, 15) is 0 Å². The van der Waals surface area contributed by atoms with Gasteiger partial charge in [0.1, 0.15) is 5.76 Å². The molecule has 1 aromatic rings. The molecule has 0 atom stereocenters. The molecule has 1 heterocycles. The largest absolute Gasteiger partial charge is 0.469 e. The van der Waals surface area contributed by atoms with Crippen molar-refractivity contribution in [3.8, 4) is 0 Å². The van der Waals surface area contributed by atoms with Crippen LogP contribution in [0.3, 0.4) is 0 Å². The smallest absolute Gasteiger partial charge is 0.191 e. The normalized spacial score (nSPS) is 19.7. The molecular weight excluding hydrogens is 365 g/mol. The van der Waals surface area contributed by atoms with E-state index in [1.54, 1.807) is 6.26 Å². The lowest BCUT2D eigenvalue weighted by molar-refractivity contribution is 0.510. The van der Waals surface area contributed by atoms with E-state index >= 15 is 0 Å². The SMILES string of the molecule is I.c1coc(CCN=C(NC2CCCC2)NC2CC2)c1. The number of nitrogens with zero attached hydrogens (tertiary/aromatic N) is 1. The van der Waals surface area contributed by atoms with Gasteiger partial charge in [-0.15, -0.1) is 24.0 Å². The zero-order valence-corrected chi connectivity index (χ0v) is 14.1. The molecule has 0 saturated heterocycles. The van der Waals surface area contributed by atoms with E-state index in [0.717, 1.165) is 24.7 Å². The maximum absolute atomic E-state index is 5.33. The predicted molar refractivity (Wildman–Crippen MR) is 91.7 cm³/mol. The van der Waals surface area contributed by atoms with Gasteiger partial charge in [0.15, 0.2) is 5.96 Å². The minimum absolute atomic E-state index is 0. The highest BCUT2D eigenvalue weighted by Gasteiger charge is 2.24. The van der Waals surface area contributed by atoms with E-state index in [0.29, 0.717) is 12.1 Å². The number of nitrogens with one attached hydrogen (secondary N) is 2. The predicted octanol–water partition coefficient (Wildman–Crippen LogP) is 3.08. The third-order valence-corrected chi connectivity index (χ3v) is 3.82. The van der Waals surface area contributed by atoms with Crippen LogP contribution in [-0.4, -0.2) is 24.6 Å². The first-order valence-corrected chi connectivity index (χ1v) is 7.50. The highest BCUT2D eigenvalue weighted by molar-refractivity contribution is 14.0. The van der Waals surface area contributed by atoms with Crippen molar-refractivity contribution in [3.05, 3.63) is 24.2 Å². The van der Waals surface area contributed by atoms with Crippen LogP contribution in [0.15, 0.2) is 27.8 Å². The molecule has 5 heteroatoms. The Kier molecular flexibility index (Phi) is 6.19. The van der Waals surface area contributed by atoms with Gasteiger partial charge in [-0.3, -0.25) is 4.99 Å². The number of aliphatic imine (C=N–C) groups is 1. The van der Waals surface area contributed by atoms with Crippen LogP contribution < -0.4 is 10.6 Å². The summed E-state index contributed by atoms with van der Waals surface area (Å²) in [6.07, 6.45) is 10.4. The molecule has 0 unspecified atom stereocenters. The maximum atomic E-state index is 5.33. The quantitative estimate of drug-likeness (QED) is 0.462. The fraction of sp³-hybridized carbons (Fsp3) is 0.667. The van der Waals surface area contributed by atoms with Crippen LogP contribution in [0, 0.1) is 0 Å². The van der Waals surface area contributed by atoms with Gasteiger partial charge in [0.2, 0.25) is 0 Å². The second-order valence-corrected chi connectivity index (χ2v) is 5.60. The van der Waals surface area contributed by atoms with Crippen LogP contribution in [0.4, 0.5) is 0 Å². The van der Waals surface area contributed by atoms with Gasteiger partial charge in [0.05, 0.1) is 6.26 Å². The summed E-state index contributed by atoms with van der Waals surface area (Å²) < 4.78 is 5.33. The van der Waals surface area contributed by atoms with Crippen molar-refractivity contribution in [1.82, 2.24) is 10.6 Å². The molecule has 0 spiro atoms. The molecule has 20 heavy (non-hydrogen) atoms. The third kappa shape index (κ3) is 5.00. The summed E-state index contributed by atoms with van der Waals surface area (Å²) >= 11 is 0. The zero-order valence-electron chi connectivity index (χ0n) is 11.8. The zero-order chi connectivity index (χ0) is 12.9. The first kappa shape index (κ1) is 15.7. The van der Waals surface area contributed by atoms with Crippen molar-refractivity contribution in [3.63, 3.8) is 0 Å². The lowest BCUT2D eigenvalue weighted by atomic mass is 10.2. The van der Waals surface area contributed by atoms with Crippen molar-refractivity contribution < 1.29 is 4.42 Å². The van der Waals surface area contributed by atoms with E-state index in [-0.39, 0.29) is 24.0 Å². The van der Waals surface area contributed by atoms with Crippen molar-refractivity contribution in [1.29, 1.82) is 0 Å². The topological polar surface area (TPSA) is 49.6 Å². The van der Waals surface area contributed by atoms with Gasteiger partial charge >= 0.3 is 0 Å². The number of furan rings is 1. The molecule has 0 amide bonds. The number of rotatable bonds is 5.